The Labute approximate surface area is 171 Å². The van der Waals surface area contributed by atoms with Crippen LogP contribution in [0.25, 0.3) is 0 Å². The van der Waals surface area contributed by atoms with Crippen molar-refractivity contribution in [1.82, 2.24) is 0 Å². The van der Waals surface area contributed by atoms with Crippen molar-refractivity contribution < 1.29 is 0 Å². The third kappa shape index (κ3) is 6.47. The molecule has 0 amide bonds. The summed E-state index contributed by atoms with van der Waals surface area (Å²) < 4.78 is 0. The molecule has 0 spiro atoms. The molecule has 138 valence electrons. The summed E-state index contributed by atoms with van der Waals surface area (Å²) in [5.41, 5.74) is 6.73. The van der Waals surface area contributed by atoms with E-state index in [1.807, 2.05) is 0 Å². The lowest BCUT2D eigenvalue weighted by Gasteiger charge is -2.37. The van der Waals surface area contributed by atoms with Crippen LogP contribution in [-0.2, 0) is 0 Å². The minimum Gasteiger partial charge on any atom is -0.192 e. The molecule has 0 aliphatic carbocycles. The minimum absolute atomic E-state index is 0.591. The second-order valence-corrected chi connectivity index (χ2v) is 12.9. The van der Waals surface area contributed by atoms with Gasteiger partial charge in [-0.1, -0.05) is 47.5 Å². The molecule has 0 unspecified atom stereocenters. The quantitative estimate of drug-likeness (QED) is 0.527. The Bertz CT molecular complexity index is 1000. The molecule has 0 radical (unpaired) electrons. The molecule has 2 heteroatoms. The highest BCUT2D eigenvalue weighted by atomic mass is 28.3. The SMILES string of the molecule is CC(C)[Si](C#CC#CC#CC#CC#Cc1ccc(C#N)cc1)(C(C)C)C(C)C. The van der Waals surface area contributed by atoms with Crippen molar-refractivity contribution in [2.45, 2.75) is 58.2 Å². The van der Waals surface area contributed by atoms with E-state index in [1.54, 1.807) is 24.3 Å². The van der Waals surface area contributed by atoms with E-state index in [0.29, 0.717) is 22.2 Å². The molecule has 1 aromatic carbocycles. The summed E-state index contributed by atoms with van der Waals surface area (Å²) in [6, 6.07) is 9.10. The van der Waals surface area contributed by atoms with Gasteiger partial charge < -0.3 is 0 Å². The van der Waals surface area contributed by atoms with Gasteiger partial charge in [-0.15, -0.1) is 5.54 Å². The zero-order valence-electron chi connectivity index (χ0n) is 17.5. The van der Waals surface area contributed by atoms with Crippen LogP contribution in [0.3, 0.4) is 0 Å². The van der Waals surface area contributed by atoms with Gasteiger partial charge in [0, 0.05) is 5.56 Å². The molecule has 0 saturated heterocycles. The van der Waals surface area contributed by atoms with Crippen LogP contribution in [0.2, 0.25) is 16.6 Å². The second-order valence-electron chi connectivity index (χ2n) is 7.34. The number of hydrogen-bond acceptors (Lipinski definition) is 1. The number of benzene rings is 1. The molecule has 28 heavy (non-hydrogen) atoms. The van der Waals surface area contributed by atoms with E-state index in [2.05, 4.69) is 106 Å². The Kier molecular flexibility index (Phi) is 9.30. The molecule has 0 aliphatic heterocycles. The van der Waals surface area contributed by atoms with Gasteiger partial charge in [-0.25, -0.2) is 0 Å². The molecule has 1 rings (SSSR count). The van der Waals surface area contributed by atoms with Crippen molar-refractivity contribution >= 4 is 8.07 Å². The monoisotopic (exact) mass is 379 g/mol. The van der Waals surface area contributed by atoms with Crippen molar-refractivity contribution in [3.63, 3.8) is 0 Å². The minimum atomic E-state index is -1.73. The lowest BCUT2D eigenvalue weighted by Crippen LogP contribution is -2.43. The molecule has 1 aromatic rings. The molecule has 0 aliphatic rings. The van der Waals surface area contributed by atoms with Gasteiger partial charge in [0.2, 0.25) is 0 Å². The Morgan fingerprint density at radius 3 is 1.43 bits per heavy atom. The first-order chi connectivity index (χ1) is 13.3. The van der Waals surface area contributed by atoms with E-state index in [-0.39, 0.29) is 0 Å². The van der Waals surface area contributed by atoms with E-state index in [9.17, 15) is 0 Å². The van der Waals surface area contributed by atoms with Crippen LogP contribution >= 0.6 is 0 Å². The molecule has 0 heterocycles. The smallest absolute Gasteiger partial charge is 0.147 e. The predicted molar refractivity (Wildman–Crippen MR) is 120 cm³/mol. The zero-order valence-corrected chi connectivity index (χ0v) is 18.5. The van der Waals surface area contributed by atoms with Crippen LogP contribution in [-0.4, -0.2) is 8.07 Å². The van der Waals surface area contributed by atoms with Crippen molar-refractivity contribution in [3.8, 4) is 64.9 Å². The zero-order chi connectivity index (χ0) is 21.0. The third-order valence-corrected chi connectivity index (χ3v) is 11.1. The van der Waals surface area contributed by atoms with E-state index >= 15 is 0 Å². The molecule has 0 aromatic heterocycles. The van der Waals surface area contributed by atoms with Crippen molar-refractivity contribution in [2.24, 2.45) is 0 Å². The normalized spacial score (nSPS) is 9.29. The van der Waals surface area contributed by atoms with Crippen LogP contribution in [0, 0.1) is 70.2 Å². The largest absolute Gasteiger partial charge is 0.192 e. The maximum Gasteiger partial charge on any atom is 0.147 e. The van der Waals surface area contributed by atoms with Gasteiger partial charge >= 0.3 is 0 Å². The Morgan fingerprint density at radius 1 is 0.607 bits per heavy atom. The predicted octanol–water partition coefficient (Wildman–Crippen LogP) is 5.14. The topological polar surface area (TPSA) is 23.8 Å². The van der Waals surface area contributed by atoms with E-state index in [1.165, 1.54) is 0 Å². The number of hydrogen-bond donors (Lipinski definition) is 0. The average Bonchev–Trinajstić information content (AvgIpc) is 2.65. The standard InChI is InChI=1S/C26H25NSi/c1-22(2)28(23(3)4,24(5)6)20-14-12-10-8-7-9-11-13-15-25-16-18-26(21-27)19-17-25/h16-19,22-24H,1-6H3. The number of nitriles is 1. The van der Waals surface area contributed by atoms with Crippen LogP contribution in [0.15, 0.2) is 24.3 Å². The fourth-order valence-electron chi connectivity index (χ4n) is 3.49. The lowest BCUT2D eigenvalue weighted by molar-refractivity contribution is 0.838. The first kappa shape index (κ1) is 22.8. The maximum absolute atomic E-state index is 8.75. The van der Waals surface area contributed by atoms with Gasteiger partial charge in [-0.05, 0) is 88.3 Å². The Balaban J connectivity index is 2.79. The van der Waals surface area contributed by atoms with Crippen LogP contribution < -0.4 is 0 Å². The first-order valence-electron chi connectivity index (χ1n) is 9.38. The van der Waals surface area contributed by atoms with Crippen LogP contribution in [0.4, 0.5) is 0 Å². The molecular formula is C26H25NSi. The molecular weight excluding hydrogens is 354 g/mol. The highest BCUT2D eigenvalue weighted by Gasteiger charge is 2.41. The molecule has 1 nitrogen and oxygen atoms in total. The van der Waals surface area contributed by atoms with Crippen molar-refractivity contribution in [3.05, 3.63) is 35.4 Å². The molecule has 0 saturated carbocycles. The fourth-order valence-corrected chi connectivity index (χ4v) is 8.64. The highest BCUT2D eigenvalue weighted by Crippen LogP contribution is 2.40. The summed E-state index contributed by atoms with van der Waals surface area (Å²) in [5, 5.41) is 8.75. The summed E-state index contributed by atoms with van der Waals surface area (Å²) in [5.74, 6) is 25.0. The lowest BCUT2D eigenvalue weighted by atomic mass is 10.1. The summed E-state index contributed by atoms with van der Waals surface area (Å²) in [6.07, 6.45) is 0. The highest BCUT2D eigenvalue weighted by molar-refractivity contribution is 6.90. The average molecular weight is 380 g/mol. The van der Waals surface area contributed by atoms with Gasteiger partial charge in [-0.2, -0.15) is 5.26 Å². The third-order valence-electron chi connectivity index (χ3n) is 4.80. The van der Waals surface area contributed by atoms with Gasteiger partial charge in [-0.3, -0.25) is 0 Å². The molecule has 0 N–H and O–H groups in total. The molecule has 0 bridgehead atoms. The first-order valence-corrected chi connectivity index (χ1v) is 11.6. The number of rotatable bonds is 3. The van der Waals surface area contributed by atoms with E-state index in [0.717, 1.165) is 5.56 Å². The van der Waals surface area contributed by atoms with Crippen molar-refractivity contribution in [1.29, 1.82) is 5.26 Å². The van der Waals surface area contributed by atoms with Crippen LogP contribution in [0.1, 0.15) is 52.7 Å². The molecule has 0 fully saturated rings. The summed E-state index contributed by atoms with van der Waals surface area (Å²) in [7, 11) is -1.73. The van der Waals surface area contributed by atoms with E-state index < -0.39 is 8.07 Å². The number of nitrogens with zero attached hydrogens (tertiary/aromatic N) is 1. The Hall–Kier alpha value is -3.27. The summed E-state index contributed by atoms with van der Waals surface area (Å²) >= 11 is 0. The van der Waals surface area contributed by atoms with E-state index in [4.69, 9.17) is 5.26 Å². The van der Waals surface area contributed by atoms with Crippen LogP contribution in [0.5, 0.6) is 0 Å². The summed E-state index contributed by atoms with van der Waals surface area (Å²) in [6.45, 7) is 13.7. The molecule has 0 atom stereocenters. The Morgan fingerprint density at radius 2 is 1.00 bits per heavy atom. The maximum atomic E-state index is 8.75. The van der Waals surface area contributed by atoms with Gasteiger partial charge in [0.15, 0.2) is 0 Å². The summed E-state index contributed by atoms with van der Waals surface area (Å²) in [4.78, 5) is 0. The fraction of sp³-hybridized carbons (Fsp3) is 0.346. The second kappa shape index (κ2) is 11.4. The van der Waals surface area contributed by atoms with Gasteiger partial charge in [0.1, 0.15) is 8.07 Å². The van der Waals surface area contributed by atoms with Gasteiger partial charge in [0.25, 0.3) is 0 Å². The van der Waals surface area contributed by atoms with Crippen molar-refractivity contribution in [2.75, 3.05) is 0 Å². The van der Waals surface area contributed by atoms with Gasteiger partial charge in [0.05, 0.1) is 11.6 Å².